The zero-order valence-electron chi connectivity index (χ0n) is 8.66. The first kappa shape index (κ1) is 15.1. The molecule has 0 fully saturated rings. The largest absolute Gasteiger partial charge is 0.458 e. The van der Waals surface area contributed by atoms with Crippen molar-refractivity contribution >= 4 is 22.8 Å². The van der Waals surface area contributed by atoms with Crippen LogP contribution in [-0.2, 0) is 0 Å². The second kappa shape index (κ2) is 4.30. The lowest BCUT2D eigenvalue weighted by Crippen LogP contribution is -2.58. The lowest BCUT2D eigenvalue weighted by molar-refractivity contribution is -0.338. The maximum atomic E-state index is 13.1. The molecule has 0 aromatic rings. The van der Waals surface area contributed by atoms with Gasteiger partial charge < -0.3 is 10.0 Å². The van der Waals surface area contributed by atoms with Gasteiger partial charge in [0, 0.05) is 6.20 Å². The molecule has 18 heavy (non-hydrogen) atoms. The molecule has 0 bridgehead atoms. The average Bonchev–Trinajstić information content (AvgIpc) is 2.53. The molecule has 9 heteroatoms. The normalized spacial score (nSPS) is 26.8. The Morgan fingerprint density at radius 1 is 1.22 bits per heavy atom. The van der Waals surface area contributed by atoms with Crippen LogP contribution in [0.2, 0.25) is 0 Å². The highest BCUT2D eigenvalue weighted by atomic mass is 79.9. The van der Waals surface area contributed by atoms with Crippen LogP contribution in [0.15, 0.2) is 29.4 Å². The highest BCUT2D eigenvalue weighted by Crippen LogP contribution is 2.46. The molecule has 3 nitrogen and oxygen atoms in total. The van der Waals surface area contributed by atoms with Gasteiger partial charge in [-0.1, -0.05) is 6.08 Å². The number of hydrogen-bond acceptors (Lipinski definition) is 3. The fourth-order valence-corrected chi connectivity index (χ4v) is 1.56. The number of halogens is 6. The zero-order chi connectivity index (χ0) is 12.9. The lowest BCUT2D eigenvalue weighted by atomic mass is 10.1. The van der Waals surface area contributed by atoms with Gasteiger partial charge in [0.2, 0.25) is 5.72 Å². The fraction of sp³-hybridized carbons (Fsp3) is 0.444. The van der Waals surface area contributed by atoms with Gasteiger partial charge in [-0.05, 0) is 12.2 Å². The number of rotatable bonds is 1. The first-order valence-corrected chi connectivity index (χ1v) is 4.56. The summed E-state index contributed by atoms with van der Waals surface area (Å²) in [6, 6.07) is 0. The van der Waals surface area contributed by atoms with Crippen LogP contribution in [0.4, 0.5) is 22.0 Å². The van der Waals surface area contributed by atoms with Gasteiger partial charge in [-0.15, -0.1) is 17.0 Å². The van der Waals surface area contributed by atoms with Gasteiger partial charge in [0.15, 0.2) is 0 Å². The average molecular weight is 335 g/mol. The summed E-state index contributed by atoms with van der Waals surface area (Å²) in [5.74, 6) is -5.43. The molecular weight excluding hydrogens is 327 g/mol. The predicted octanol–water partition coefficient (Wildman–Crippen LogP) is 2.25. The topological polar surface area (TPSA) is 35.8 Å². The summed E-state index contributed by atoms with van der Waals surface area (Å²) in [4.78, 5) is 4.10. The van der Waals surface area contributed by atoms with Crippen LogP contribution in [0.5, 0.6) is 0 Å². The van der Waals surface area contributed by atoms with E-state index >= 15 is 0 Å². The van der Waals surface area contributed by atoms with Crippen molar-refractivity contribution < 1.29 is 27.1 Å². The first-order valence-electron chi connectivity index (χ1n) is 4.56. The minimum atomic E-state index is -5.85. The molecule has 0 saturated heterocycles. The van der Waals surface area contributed by atoms with Crippen molar-refractivity contribution in [3.05, 3.63) is 24.4 Å². The molecule has 2 aliphatic heterocycles. The van der Waals surface area contributed by atoms with E-state index in [0.29, 0.717) is 0 Å². The standard InChI is InChI=1S/C9H7F5N2O.BrH/c10-8(11,9(12,13)14)7(17)5-16-4-2-1-3-6(16)15-7;/h1-4,17H,5H2;1H. The summed E-state index contributed by atoms with van der Waals surface area (Å²) in [6.07, 6.45) is -0.481. The highest BCUT2D eigenvalue weighted by molar-refractivity contribution is 8.93. The number of amidine groups is 1. The van der Waals surface area contributed by atoms with Gasteiger partial charge in [-0.25, -0.2) is 4.99 Å². The number of nitrogens with zero attached hydrogens (tertiary/aromatic N) is 2. The van der Waals surface area contributed by atoms with Gasteiger partial charge in [-0.3, -0.25) is 0 Å². The van der Waals surface area contributed by atoms with Crippen molar-refractivity contribution in [3.63, 3.8) is 0 Å². The Bertz CT molecular complexity index is 431. The van der Waals surface area contributed by atoms with E-state index in [1.54, 1.807) is 0 Å². The van der Waals surface area contributed by atoms with Crippen LogP contribution in [-0.4, -0.2) is 40.2 Å². The van der Waals surface area contributed by atoms with Gasteiger partial charge in [0.05, 0.1) is 6.54 Å². The third-order valence-corrected chi connectivity index (χ3v) is 2.47. The van der Waals surface area contributed by atoms with Crippen molar-refractivity contribution in [2.75, 3.05) is 6.54 Å². The van der Waals surface area contributed by atoms with Crippen LogP contribution in [0.1, 0.15) is 0 Å². The Kier molecular flexibility index (Phi) is 3.61. The van der Waals surface area contributed by atoms with Gasteiger partial charge in [0.25, 0.3) is 0 Å². The number of aliphatic imine (C=N–C) groups is 1. The third-order valence-electron chi connectivity index (χ3n) is 2.47. The monoisotopic (exact) mass is 334 g/mol. The van der Waals surface area contributed by atoms with E-state index in [2.05, 4.69) is 4.99 Å². The van der Waals surface area contributed by atoms with E-state index in [9.17, 15) is 27.1 Å². The maximum Gasteiger partial charge on any atom is 0.458 e. The van der Waals surface area contributed by atoms with Crippen LogP contribution in [0.3, 0.4) is 0 Å². The molecule has 0 aromatic heterocycles. The number of allylic oxidation sites excluding steroid dienone is 2. The van der Waals surface area contributed by atoms with E-state index in [1.807, 2.05) is 0 Å². The van der Waals surface area contributed by atoms with Crippen LogP contribution >= 0.6 is 17.0 Å². The first-order chi connectivity index (χ1) is 7.67. The molecule has 1 N–H and O–H groups in total. The second-order valence-corrected chi connectivity index (χ2v) is 3.69. The molecule has 1 unspecified atom stereocenters. The molecule has 2 aliphatic rings. The van der Waals surface area contributed by atoms with Gasteiger partial charge >= 0.3 is 12.1 Å². The summed E-state index contributed by atoms with van der Waals surface area (Å²) < 4.78 is 62.7. The Labute approximate surface area is 109 Å². The van der Waals surface area contributed by atoms with E-state index in [0.717, 1.165) is 4.90 Å². The summed E-state index contributed by atoms with van der Waals surface area (Å²) in [5.41, 5.74) is -3.49. The molecular formula is C9H8BrF5N2O. The quantitative estimate of drug-likeness (QED) is 0.746. The number of hydrogen-bond donors (Lipinski definition) is 1. The second-order valence-electron chi connectivity index (χ2n) is 3.69. The molecule has 2 rings (SSSR count). The van der Waals surface area contributed by atoms with Crippen LogP contribution < -0.4 is 0 Å². The number of fused-ring (bicyclic) bond motifs is 1. The fourth-order valence-electron chi connectivity index (χ4n) is 1.56. The third kappa shape index (κ3) is 2.05. The maximum absolute atomic E-state index is 13.1. The van der Waals surface area contributed by atoms with Crippen molar-refractivity contribution in [2.45, 2.75) is 17.8 Å². The van der Waals surface area contributed by atoms with Crippen LogP contribution in [0.25, 0.3) is 0 Å². The lowest BCUT2D eigenvalue weighted by Gasteiger charge is -2.31. The molecule has 2 heterocycles. The molecule has 0 radical (unpaired) electrons. The Morgan fingerprint density at radius 3 is 2.33 bits per heavy atom. The Hall–Kier alpha value is -0.960. The number of aliphatic hydroxyl groups is 1. The molecule has 0 amide bonds. The predicted molar refractivity (Wildman–Crippen MR) is 58.7 cm³/mol. The Balaban J connectivity index is 0.00000162. The minimum absolute atomic E-state index is 0. The van der Waals surface area contributed by atoms with Crippen molar-refractivity contribution in [2.24, 2.45) is 4.99 Å². The molecule has 0 spiro atoms. The van der Waals surface area contributed by atoms with Gasteiger partial charge in [0.1, 0.15) is 5.84 Å². The molecule has 102 valence electrons. The number of alkyl halides is 5. The summed E-state index contributed by atoms with van der Waals surface area (Å²) in [5, 5.41) is 9.42. The molecule has 0 aliphatic carbocycles. The minimum Gasteiger partial charge on any atom is -0.363 e. The Morgan fingerprint density at radius 2 is 1.83 bits per heavy atom. The van der Waals surface area contributed by atoms with Crippen molar-refractivity contribution in [1.29, 1.82) is 0 Å². The van der Waals surface area contributed by atoms with Crippen LogP contribution in [0, 0.1) is 0 Å². The van der Waals surface area contributed by atoms with E-state index in [-0.39, 0.29) is 22.8 Å². The summed E-state index contributed by atoms with van der Waals surface area (Å²) in [7, 11) is 0. The van der Waals surface area contributed by atoms with Crippen molar-refractivity contribution in [1.82, 2.24) is 4.90 Å². The highest BCUT2D eigenvalue weighted by Gasteiger charge is 2.72. The van der Waals surface area contributed by atoms with E-state index in [1.165, 1.54) is 24.4 Å². The van der Waals surface area contributed by atoms with E-state index < -0.39 is 24.4 Å². The van der Waals surface area contributed by atoms with Gasteiger partial charge in [-0.2, -0.15) is 22.0 Å². The summed E-state index contributed by atoms with van der Waals surface area (Å²) >= 11 is 0. The molecule has 1 atom stereocenters. The summed E-state index contributed by atoms with van der Waals surface area (Å²) in [6.45, 7) is -0.935. The molecule has 0 aromatic carbocycles. The van der Waals surface area contributed by atoms with Crippen molar-refractivity contribution in [3.8, 4) is 0 Å². The zero-order valence-corrected chi connectivity index (χ0v) is 10.4. The SMILES string of the molecule is Br.OC1(C(F)(F)C(F)(F)F)CN2C=CC=CC2=N1. The smallest absolute Gasteiger partial charge is 0.363 e. The van der Waals surface area contributed by atoms with E-state index in [4.69, 9.17) is 0 Å². The molecule has 0 saturated carbocycles.